The SMILES string of the molecule is NCC1CCCCC1C(=O)NC1CCC1. The second-order valence-corrected chi connectivity index (χ2v) is 5.02. The van der Waals surface area contributed by atoms with E-state index in [-0.39, 0.29) is 11.8 Å². The Balaban J connectivity index is 1.85. The standard InChI is InChI=1S/C12H22N2O/c13-8-9-4-1-2-7-11(9)12(15)14-10-5-3-6-10/h9-11H,1-8,13H2,(H,14,15). The largest absolute Gasteiger partial charge is 0.353 e. The molecule has 86 valence electrons. The highest BCUT2D eigenvalue weighted by Crippen LogP contribution is 2.30. The van der Waals surface area contributed by atoms with Gasteiger partial charge in [-0.15, -0.1) is 0 Å². The monoisotopic (exact) mass is 210 g/mol. The van der Waals surface area contributed by atoms with Crippen molar-refractivity contribution in [3.8, 4) is 0 Å². The molecular weight excluding hydrogens is 188 g/mol. The van der Waals surface area contributed by atoms with Crippen molar-refractivity contribution in [3.63, 3.8) is 0 Å². The van der Waals surface area contributed by atoms with Crippen LogP contribution in [-0.4, -0.2) is 18.5 Å². The van der Waals surface area contributed by atoms with Crippen molar-refractivity contribution in [3.05, 3.63) is 0 Å². The van der Waals surface area contributed by atoms with Crippen LogP contribution in [0.5, 0.6) is 0 Å². The van der Waals surface area contributed by atoms with E-state index in [1.54, 1.807) is 0 Å². The number of rotatable bonds is 3. The first-order valence-corrected chi connectivity index (χ1v) is 6.31. The Hall–Kier alpha value is -0.570. The number of carbonyl (C=O) groups excluding carboxylic acids is 1. The predicted octanol–water partition coefficient (Wildman–Crippen LogP) is 1.42. The first-order valence-electron chi connectivity index (χ1n) is 6.31. The predicted molar refractivity (Wildman–Crippen MR) is 60.3 cm³/mol. The molecule has 0 aromatic rings. The zero-order valence-electron chi connectivity index (χ0n) is 9.37. The molecule has 1 amide bonds. The fourth-order valence-corrected chi connectivity index (χ4v) is 2.70. The van der Waals surface area contributed by atoms with Crippen molar-refractivity contribution in [2.45, 2.75) is 51.0 Å². The molecule has 15 heavy (non-hydrogen) atoms. The van der Waals surface area contributed by atoms with Gasteiger partial charge < -0.3 is 11.1 Å². The molecule has 0 bridgehead atoms. The molecule has 0 spiro atoms. The van der Waals surface area contributed by atoms with Gasteiger partial charge in [0.15, 0.2) is 0 Å². The molecule has 0 aromatic heterocycles. The van der Waals surface area contributed by atoms with Crippen LogP contribution in [-0.2, 0) is 4.79 Å². The van der Waals surface area contributed by atoms with Crippen molar-refractivity contribution < 1.29 is 4.79 Å². The highest BCUT2D eigenvalue weighted by Gasteiger charge is 2.31. The fraction of sp³-hybridized carbons (Fsp3) is 0.917. The molecule has 2 aliphatic rings. The van der Waals surface area contributed by atoms with E-state index in [9.17, 15) is 4.79 Å². The number of carbonyl (C=O) groups is 1. The van der Waals surface area contributed by atoms with Crippen LogP contribution < -0.4 is 11.1 Å². The van der Waals surface area contributed by atoms with E-state index in [0.717, 1.165) is 12.8 Å². The maximum atomic E-state index is 12.0. The average Bonchev–Trinajstić information content (AvgIpc) is 2.23. The fourth-order valence-electron chi connectivity index (χ4n) is 2.70. The molecule has 2 unspecified atom stereocenters. The summed E-state index contributed by atoms with van der Waals surface area (Å²) in [6, 6.07) is 0.470. The van der Waals surface area contributed by atoms with Gasteiger partial charge in [0.1, 0.15) is 0 Å². The lowest BCUT2D eigenvalue weighted by Crippen LogP contribution is -2.46. The van der Waals surface area contributed by atoms with Crippen molar-refractivity contribution in [2.24, 2.45) is 17.6 Å². The van der Waals surface area contributed by atoms with Gasteiger partial charge in [0, 0.05) is 12.0 Å². The van der Waals surface area contributed by atoms with Crippen LogP contribution in [0.3, 0.4) is 0 Å². The highest BCUT2D eigenvalue weighted by molar-refractivity contribution is 5.79. The summed E-state index contributed by atoms with van der Waals surface area (Å²) in [5.41, 5.74) is 5.73. The van der Waals surface area contributed by atoms with E-state index in [4.69, 9.17) is 5.73 Å². The van der Waals surface area contributed by atoms with Crippen LogP contribution >= 0.6 is 0 Å². The van der Waals surface area contributed by atoms with Crippen LogP contribution in [0.25, 0.3) is 0 Å². The van der Waals surface area contributed by atoms with Crippen LogP contribution in [0.1, 0.15) is 44.9 Å². The van der Waals surface area contributed by atoms with Crippen LogP contribution in [0, 0.1) is 11.8 Å². The summed E-state index contributed by atoms with van der Waals surface area (Å²) in [7, 11) is 0. The zero-order valence-corrected chi connectivity index (χ0v) is 9.37. The maximum absolute atomic E-state index is 12.0. The first kappa shape index (κ1) is 10.9. The molecule has 0 saturated heterocycles. The average molecular weight is 210 g/mol. The lowest BCUT2D eigenvalue weighted by atomic mass is 9.78. The first-order chi connectivity index (χ1) is 7.31. The van der Waals surface area contributed by atoms with Gasteiger partial charge in [0.25, 0.3) is 0 Å². The van der Waals surface area contributed by atoms with Gasteiger partial charge in [0.05, 0.1) is 0 Å². The van der Waals surface area contributed by atoms with Gasteiger partial charge in [-0.05, 0) is 44.6 Å². The molecule has 2 rings (SSSR count). The number of nitrogens with one attached hydrogen (secondary N) is 1. The van der Waals surface area contributed by atoms with Gasteiger partial charge in [-0.25, -0.2) is 0 Å². The van der Waals surface area contributed by atoms with Gasteiger partial charge in [0.2, 0.25) is 5.91 Å². The molecule has 2 atom stereocenters. The van der Waals surface area contributed by atoms with E-state index in [1.807, 2.05) is 0 Å². The third-order valence-electron chi connectivity index (χ3n) is 4.00. The molecule has 0 aromatic carbocycles. The Morgan fingerprint density at radius 2 is 1.87 bits per heavy atom. The summed E-state index contributed by atoms with van der Waals surface area (Å²) in [6.07, 6.45) is 8.24. The van der Waals surface area contributed by atoms with Gasteiger partial charge in [-0.3, -0.25) is 4.79 Å². The lowest BCUT2D eigenvalue weighted by Gasteiger charge is -2.33. The quantitative estimate of drug-likeness (QED) is 0.740. The van der Waals surface area contributed by atoms with E-state index < -0.39 is 0 Å². The molecule has 3 N–H and O–H groups in total. The Kier molecular flexibility index (Phi) is 3.62. The van der Waals surface area contributed by atoms with E-state index in [1.165, 1.54) is 32.1 Å². The summed E-state index contributed by atoms with van der Waals surface area (Å²) in [5, 5.41) is 3.16. The van der Waals surface area contributed by atoms with Gasteiger partial charge in [-0.2, -0.15) is 0 Å². The summed E-state index contributed by atoms with van der Waals surface area (Å²) in [5.74, 6) is 0.901. The number of nitrogens with two attached hydrogens (primary N) is 1. The normalized spacial score (nSPS) is 32.1. The summed E-state index contributed by atoms with van der Waals surface area (Å²) in [4.78, 5) is 12.0. The molecule has 2 saturated carbocycles. The van der Waals surface area contributed by atoms with Gasteiger partial charge in [-0.1, -0.05) is 12.8 Å². The highest BCUT2D eigenvalue weighted by atomic mass is 16.2. The minimum absolute atomic E-state index is 0.198. The zero-order chi connectivity index (χ0) is 10.7. The summed E-state index contributed by atoms with van der Waals surface area (Å²) >= 11 is 0. The molecule has 3 nitrogen and oxygen atoms in total. The molecule has 2 aliphatic carbocycles. The van der Waals surface area contributed by atoms with Crippen LogP contribution in [0.4, 0.5) is 0 Å². The summed E-state index contributed by atoms with van der Waals surface area (Å²) < 4.78 is 0. The number of amides is 1. The van der Waals surface area contributed by atoms with Crippen LogP contribution in [0.2, 0.25) is 0 Å². The van der Waals surface area contributed by atoms with Crippen molar-refractivity contribution in [1.82, 2.24) is 5.32 Å². The number of hydrogen-bond donors (Lipinski definition) is 2. The smallest absolute Gasteiger partial charge is 0.223 e. The lowest BCUT2D eigenvalue weighted by molar-refractivity contribution is -0.128. The van der Waals surface area contributed by atoms with Crippen LogP contribution in [0.15, 0.2) is 0 Å². The molecule has 0 heterocycles. The minimum atomic E-state index is 0.198. The van der Waals surface area contributed by atoms with E-state index in [0.29, 0.717) is 18.5 Å². The van der Waals surface area contributed by atoms with Crippen molar-refractivity contribution in [2.75, 3.05) is 6.54 Å². The Bertz CT molecular complexity index is 226. The molecule has 3 heteroatoms. The third kappa shape index (κ3) is 2.51. The molecule has 0 radical (unpaired) electrons. The number of hydrogen-bond acceptors (Lipinski definition) is 2. The Labute approximate surface area is 91.8 Å². The Morgan fingerprint density at radius 3 is 2.47 bits per heavy atom. The van der Waals surface area contributed by atoms with Gasteiger partial charge >= 0.3 is 0 Å². The minimum Gasteiger partial charge on any atom is -0.353 e. The maximum Gasteiger partial charge on any atom is 0.223 e. The van der Waals surface area contributed by atoms with E-state index in [2.05, 4.69) is 5.32 Å². The summed E-state index contributed by atoms with van der Waals surface area (Å²) in [6.45, 7) is 0.669. The Morgan fingerprint density at radius 1 is 1.13 bits per heavy atom. The molecule has 2 fully saturated rings. The van der Waals surface area contributed by atoms with Crippen molar-refractivity contribution >= 4 is 5.91 Å². The van der Waals surface area contributed by atoms with E-state index >= 15 is 0 Å². The molecular formula is C12H22N2O. The second kappa shape index (κ2) is 4.97. The molecule has 0 aliphatic heterocycles. The van der Waals surface area contributed by atoms with Crippen molar-refractivity contribution in [1.29, 1.82) is 0 Å². The topological polar surface area (TPSA) is 55.1 Å². The third-order valence-corrected chi connectivity index (χ3v) is 4.00. The second-order valence-electron chi connectivity index (χ2n) is 5.02.